The molecule has 26 heavy (non-hydrogen) atoms. The second-order valence-electron chi connectivity index (χ2n) is 6.25. The second kappa shape index (κ2) is 9.34. The highest BCUT2D eigenvalue weighted by Crippen LogP contribution is 2.29. The van der Waals surface area contributed by atoms with Gasteiger partial charge in [-0.25, -0.2) is 0 Å². The third-order valence-corrected chi connectivity index (χ3v) is 6.35. The first-order valence-electron chi connectivity index (χ1n) is 8.95. The average Bonchev–Trinajstić information content (AvgIpc) is 3.10. The van der Waals surface area contributed by atoms with Gasteiger partial charge in [0.1, 0.15) is 0 Å². The van der Waals surface area contributed by atoms with Crippen LogP contribution in [0.4, 0.5) is 5.13 Å². The van der Waals surface area contributed by atoms with E-state index in [1.54, 1.807) is 0 Å². The van der Waals surface area contributed by atoms with E-state index in [4.69, 9.17) is 0 Å². The molecule has 1 fully saturated rings. The van der Waals surface area contributed by atoms with Gasteiger partial charge in [0, 0.05) is 39.3 Å². The molecule has 0 radical (unpaired) electrons. The summed E-state index contributed by atoms with van der Waals surface area (Å²) in [4.78, 5) is 17.1. The van der Waals surface area contributed by atoms with E-state index in [1.165, 1.54) is 28.7 Å². The summed E-state index contributed by atoms with van der Waals surface area (Å²) < 4.78 is 0.838. The zero-order valence-electron chi connectivity index (χ0n) is 15.2. The molecule has 0 spiro atoms. The highest BCUT2D eigenvalue weighted by atomic mass is 32.2. The van der Waals surface area contributed by atoms with Crippen molar-refractivity contribution in [2.45, 2.75) is 30.0 Å². The molecule has 8 heteroatoms. The Kier molecular flexibility index (Phi) is 6.87. The summed E-state index contributed by atoms with van der Waals surface area (Å²) >= 11 is 3.00. The predicted molar refractivity (Wildman–Crippen MR) is 108 cm³/mol. The molecule has 2 aromatic rings. The maximum absolute atomic E-state index is 12.7. The van der Waals surface area contributed by atoms with Crippen LogP contribution < -0.4 is 5.32 Å². The largest absolute Gasteiger partial charge is 0.360 e. The first-order valence-corrected chi connectivity index (χ1v) is 10.6. The van der Waals surface area contributed by atoms with Crippen LogP contribution >= 0.6 is 23.1 Å². The van der Waals surface area contributed by atoms with Crippen molar-refractivity contribution < 1.29 is 4.79 Å². The fourth-order valence-electron chi connectivity index (χ4n) is 2.91. The van der Waals surface area contributed by atoms with Gasteiger partial charge in [-0.3, -0.25) is 9.69 Å². The smallest absolute Gasteiger partial charge is 0.235 e. The SMILES string of the molecule is CCNc1nnc(S[C@H](C)C(=O)N2CCN(Cc3ccccc3)CC2)s1. The third kappa shape index (κ3) is 5.18. The summed E-state index contributed by atoms with van der Waals surface area (Å²) in [6.45, 7) is 9.16. The van der Waals surface area contributed by atoms with E-state index < -0.39 is 0 Å². The summed E-state index contributed by atoms with van der Waals surface area (Å²) in [6.07, 6.45) is 0. The molecule has 6 nitrogen and oxygen atoms in total. The molecule has 0 unspecified atom stereocenters. The number of hydrogen-bond donors (Lipinski definition) is 1. The number of carbonyl (C=O) groups is 1. The minimum Gasteiger partial charge on any atom is -0.360 e. The Labute approximate surface area is 163 Å². The highest BCUT2D eigenvalue weighted by molar-refractivity contribution is 8.02. The van der Waals surface area contributed by atoms with Crippen LogP contribution in [0.25, 0.3) is 0 Å². The molecular formula is C18H25N5OS2. The average molecular weight is 392 g/mol. The van der Waals surface area contributed by atoms with E-state index in [9.17, 15) is 4.79 Å². The third-order valence-electron chi connectivity index (χ3n) is 4.29. The number of carbonyl (C=O) groups excluding carboxylic acids is 1. The van der Waals surface area contributed by atoms with E-state index in [2.05, 4.69) is 44.7 Å². The van der Waals surface area contributed by atoms with Crippen LogP contribution in [0.5, 0.6) is 0 Å². The molecule has 3 rings (SSSR count). The number of nitrogens with one attached hydrogen (secondary N) is 1. The Morgan fingerprint density at radius 3 is 2.65 bits per heavy atom. The molecule has 1 aromatic heterocycles. The van der Waals surface area contributed by atoms with Gasteiger partial charge in [0.25, 0.3) is 0 Å². The van der Waals surface area contributed by atoms with Crippen LogP contribution in [0.1, 0.15) is 19.4 Å². The Morgan fingerprint density at radius 2 is 1.96 bits per heavy atom. The number of piperazine rings is 1. The number of rotatable bonds is 7. The number of anilines is 1. The van der Waals surface area contributed by atoms with E-state index in [-0.39, 0.29) is 11.2 Å². The highest BCUT2D eigenvalue weighted by Gasteiger charge is 2.26. The van der Waals surface area contributed by atoms with Gasteiger partial charge in [0.05, 0.1) is 5.25 Å². The van der Waals surface area contributed by atoms with E-state index in [0.717, 1.165) is 48.7 Å². The number of benzene rings is 1. The lowest BCUT2D eigenvalue weighted by Crippen LogP contribution is -2.50. The molecule has 0 bridgehead atoms. The molecule has 2 heterocycles. The molecule has 0 aliphatic carbocycles. The van der Waals surface area contributed by atoms with Gasteiger partial charge in [0.2, 0.25) is 11.0 Å². The van der Waals surface area contributed by atoms with Crippen LogP contribution in [0.3, 0.4) is 0 Å². The van der Waals surface area contributed by atoms with Crippen LogP contribution in [-0.2, 0) is 11.3 Å². The van der Waals surface area contributed by atoms with E-state index in [0.29, 0.717) is 0 Å². The van der Waals surface area contributed by atoms with Crippen molar-refractivity contribution in [3.05, 3.63) is 35.9 Å². The van der Waals surface area contributed by atoms with Crippen molar-refractivity contribution in [1.29, 1.82) is 0 Å². The van der Waals surface area contributed by atoms with Gasteiger partial charge in [-0.15, -0.1) is 10.2 Å². The van der Waals surface area contributed by atoms with Gasteiger partial charge in [-0.05, 0) is 19.4 Å². The van der Waals surface area contributed by atoms with Crippen molar-refractivity contribution in [3.63, 3.8) is 0 Å². The van der Waals surface area contributed by atoms with Crippen molar-refractivity contribution in [2.75, 3.05) is 38.0 Å². The lowest BCUT2D eigenvalue weighted by Gasteiger charge is -2.35. The minimum atomic E-state index is -0.141. The quantitative estimate of drug-likeness (QED) is 0.733. The maximum Gasteiger partial charge on any atom is 0.235 e. The molecule has 0 saturated carbocycles. The summed E-state index contributed by atoms with van der Waals surface area (Å²) in [6, 6.07) is 10.5. The molecule has 140 valence electrons. The van der Waals surface area contributed by atoms with Gasteiger partial charge in [-0.1, -0.05) is 53.4 Å². The molecule has 1 aliphatic rings. The van der Waals surface area contributed by atoms with Crippen LogP contribution in [-0.4, -0.2) is 63.9 Å². The van der Waals surface area contributed by atoms with Crippen molar-refractivity contribution in [1.82, 2.24) is 20.0 Å². The molecule has 1 N–H and O–H groups in total. The fourth-order valence-corrected chi connectivity index (χ4v) is 4.95. The van der Waals surface area contributed by atoms with Gasteiger partial charge in [0.15, 0.2) is 4.34 Å². The summed E-state index contributed by atoms with van der Waals surface area (Å²) in [5, 5.41) is 12.1. The lowest BCUT2D eigenvalue weighted by atomic mass is 10.2. The molecule has 1 saturated heterocycles. The standard InChI is InChI=1S/C18H25N5OS2/c1-3-19-17-20-21-18(26-17)25-14(2)16(24)23-11-9-22(10-12-23)13-15-7-5-4-6-8-15/h4-8,14H,3,9-13H2,1-2H3,(H,19,20)/t14-/m1/s1. The van der Waals surface area contributed by atoms with Crippen molar-refractivity contribution in [3.8, 4) is 0 Å². The van der Waals surface area contributed by atoms with Crippen LogP contribution in [0, 0.1) is 0 Å². The van der Waals surface area contributed by atoms with Gasteiger partial charge >= 0.3 is 0 Å². The van der Waals surface area contributed by atoms with Crippen molar-refractivity contribution in [2.24, 2.45) is 0 Å². The lowest BCUT2D eigenvalue weighted by molar-refractivity contribution is -0.132. The zero-order valence-corrected chi connectivity index (χ0v) is 16.9. The van der Waals surface area contributed by atoms with Crippen molar-refractivity contribution >= 4 is 34.1 Å². The number of aromatic nitrogens is 2. The normalized spacial score (nSPS) is 16.5. The van der Waals surface area contributed by atoms with Crippen LogP contribution in [0.15, 0.2) is 34.7 Å². The zero-order chi connectivity index (χ0) is 18.4. The molecule has 1 amide bonds. The molecule has 1 aliphatic heterocycles. The fraction of sp³-hybridized carbons (Fsp3) is 0.500. The number of amides is 1. The minimum absolute atomic E-state index is 0.141. The number of nitrogens with zero attached hydrogens (tertiary/aromatic N) is 4. The van der Waals surface area contributed by atoms with Crippen LogP contribution in [0.2, 0.25) is 0 Å². The Hall–Kier alpha value is -1.64. The topological polar surface area (TPSA) is 61.4 Å². The Bertz CT molecular complexity index is 701. The number of thioether (sulfide) groups is 1. The van der Waals surface area contributed by atoms with Gasteiger partial charge < -0.3 is 10.2 Å². The second-order valence-corrected chi connectivity index (χ2v) is 8.82. The molecule has 1 atom stereocenters. The van der Waals surface area contributed by atoms with E-state index in [1.807, 2.05) is 24.8 Å². The van der Waals surface area contributed by atoms with E-state index >= 15 is 0 Å². The molecule has 1 aromatic carbocycles. The number of hydrogen-bond acceptors (Lipinski definition) is 7. The summed E-state index contributed by atoms with van der Waals surface area (Å²) in [5.74, 6) is 0.189. The monoisotopic (exact) mass is 391 g/mol. The Morgan fingerprint density at radius 1 is 1.23 bits per heavy atom. The first kappa shape index (κ1) is 19.1. The Balaban J connectivity index is 1.46. The predicted octanol–water partition coefficient (Wildman–Crippen LogP) is 2.79. The summed E-state index contributed by atoms with van der Waals surface area (Å²) in [5.41, 5.74) is 1.32. The van der Waals surface area contributed by atoms with Gasteiger partial charge in [-0.2, -0.15) is 0 Å². The first-order chi connectivity index (χ1) is 12.7. The summed E-state index contributed by atoms with van der Waals surface area (Å²) in [7, 11) is 0. The molecular weight excluding hydrogens is 366 g/mol. The maximum atomic E-state index is 12.7.